The van der Waals surface area contributed by atoms with Crippen molar-refractivity contribution in [2.45, 2.75) is 45.8 Å². The first-order chi connectivity index (χ1) is 9.86. The van der Waals surface area contributed by atoms with Gasteiger partial charge in [0.2, 0.25) is 5.91 Å². The normalized spacial score (nSPS) is 11.9. The Bertz CT molecular complexity index is 476. The predicted molar refractivity (Wildman–Crippen MR) is 82.0 cm³/mol. The zero-order valence-corrected chi connectivity index (χ0v) is 13.2. The number of hydrogen-bond acceptors (Lipinski definition) is 3. The molecule has 0 spiro atoms. The van der Waals surface area contributed by atoms with Gasteiger partial charge >= 0.3 is 6.03 Å². The largest absolute Gasteiger partial charge is 0.354 e. The van der Waals surface area contributed by atoms with Crippen molar-refractivity contribution in [3.8, 4) is 0 Å². The van der Waals surface area contributed by atoms with Gasteiger partial charge in [0.25, 0.3) is 0 Å². The van der Waals surface area contributed by atoms with Gasteiger partial charge in [-0.05, 0) is 32.4 Å². The van der Waals surface area contributed by atoms with Gasteiger partial charge in [-0.3, -0.25) is 4.79 Å². The van der Waals surface area contributed by atoms with E-state index in [9.17, 15) is 9.59 Å². The second kappa shape index (κ2) is 8.46. The number of rotatable bonds is 6. The molecule has 0 fully saturated rings. The number of halogens is 1. The van der Waals surface area contributed by atoms with Crippen LogP contribution in [-0.4, -0.2) is 29.0 Å². The molecular formula is C14H21ClN4O2. The molecule has 1 atom stereocenters. The van der Waals surface area contributed by atoms with Gasteiger partial charge in [0.1, 0.15) is 5.15 Å². The predicted octanol–water partition coefficient (Wildman–Crippen LogP) is 1.84. The monoisotopic (exact) mass is 312 g/mol. The maximum atomic E-state index is 11.7. The lowest BCUT2D eigenvalue weighted by atomic mass is 10.2. The van der Waals surface area contributed by atoms with Crippen LogP contribution in [0.1, 0.15) is 32.8 Å². The minimum atomic E-state index is -0.324. The fourth-order valence-electron chi connectivity index (χ4n) is 1.68. The Morgan fingerprint density at radius 1 is 1.24 bits per heavy atom. The van der Waals surface area contributed by atoms with Crippen molar-refractivity contribution < 1.29 is 9.59 Å². The molecule has 1 aromatic rings. The molecule has 1 heterocycles. The van der Waals surface area contributed by atoms with Gasteiger partial charge in [-0.25, -0.2) is 9.78 Å². The number of nitrogens with zero attached hydrogens (tertiary/aromatic N) is 1. The molecule has 3 N–H and O–H groups in total. The fourth-order valence-corrected chi connectivity index (χ4v) is 1.79. The van der Waals surface area contributed by atoms with Gasteiger partial charge in [-0.1, -0.05) is 17.7 Å². The summed E-state index contributed by atoms with van der Waals surface area (Å²) in [6, 6.07) is 2.97. The lowest BCUT2D eigenvalue weighted by Gasteiger charge is -2.15. The van der Waals surface area contributed by atoms with Crippen LogP contribution in [0.25, 0.3) is 0 Å². The van der Waals surface area contributed by atoms with Crippen LogP contribution < -0.4 is 16.0 Å². The number of hydrogen-bond donors (Lipinski definition) is 3. The van der Waals surface area contributed by atoms with Gasteiger partial charge in [0, 0.05) is 31.2 Å². The van der Waals surface area contributed by atoms with Crippen LogP contribution in [-0.2, 0) is 11.3 Å². The average molecular weight is 313 g/mol. The highest BCUT2D eigenvalue weighted by Crippen LogP contribution is 2.04. The Morgan fingerprint density at radius 3 is 2.52 bits per heavy atom. The first kappa shape index (κ1) is 17.2. The highest BCUT2D eigenvalue weighted by Gasteiger charge is 2.12. The zero-order chi connectivity index (χ0) is 15.8. The van der Waals surface area contributed by atoms with Crippen molar-refractivity contribution in [1.82, 2.24) is 20.9 Å². The van der Waals surface area contributed by atoms with Crippen LogP contribution in [0.3, 0.4) is 0 Å². The molecule has 21 heavy (non-hydrogen) atoms. The van der Waals surface area contributed by atoms with Crippen LogP contribution in [0.4, 0.5) is 4.79 Å². The summed E-state index contributed by atoms with van der Waals surface area (Å²) in [6.45, 7) is 5.91. The van der Waals surface area contributed by atoms with E-state index in [1.165, 1.54) is 0 Å². The Kier molecular flexibility index (Phi) is 6.94. The van der Waals surface area contributed by atoms with E-state index in [4.69, 9.17) is 11.6 Å². The molecule has 7 heteroatoms. The molecule has 0 saturated heterocycles. The van der Waals surface area contributed by atoms with E-state index in [0.717, 1.165) is 5.56 Å². The molecule has 0 aromatic carbocycles. The molecule has 0 bridgehead atoms. The van der Waals surface area contributed by atoms with Gasteiger partial charge in [0.05, 0.1) is 0 Å². The van der Waals surface area contributed by atoms with Crippen molar-refractivity contribution in [2.75, 3.05) is 0 Å². The van der Waals surface area contributed by atoms with Crippen LogP contribution >= 0.6 is 11.6 Å². The van der Waals surface area contributed by atoms with Crippen LogP contribution in [0.5, 0.6) is 0 Å². The number of carbonyl (C=O) groups excluding carboxylic acids is 2. The summed E-state index contributed by atoms with van der Waals surface area (Å²) in [4.78, 5) is 27.2. The third-order valence-corrected chi connectivity index (χ3v) is 2.78. The summed E-state index contributed by atoms with van der Waals surface area (Å²) in [5.41, 5.74) is 0.847. The molecular weight excluding hydrogens is 292 g/mol. The van der Waals surface area contributed by atoms with Gasteiger partial charge in [-0.2, -0.15) is 0 Å². The summed E-state index contributed by atoms with van der Waals surface area (Å²) in [5.74, 6) is -0.0836. The SMILES string of the molecule is CC(C)NC(=O)C[C@@H](C)NC(=O)NCc1ccc(Cl)nc1. The Morgan fingerprint density at radius 2 is 1.95 bits per heavy atom. The molecule has 1 aromatic heterocycles. The maximum absolute atomic E-state index is 11.7. The molecule has 1 rings (SSSR count). The quantitative estimate of drug-likeness (QED) is 0.701. The van der Waals surface area contributed by atoms with Crippen molar-refractivity contribution in [2.24, 2.45) is 0 Å². The van der Waals surface area contributed by atoms with Crippen molar-refractivity contribution >= 4 is 23.5 Å². The van der Waals surface area contributed by atoms with E-state index < -0.39 is 0 Å². The molecule has 0 aliphatic rings. The molecule has 3 amide bonds. The molecule has 0 aliphatic carbocycles. The fraction of sp³-hybridized carbons (Fsp3) is 0.500. The number of aromatic nitrogens is 1. The second-order valence-electron chi connectivity index (χ2n) is 5.14. The van der Waals surface area contributed by atoms with E-state index in [0.29, 0.717) is 11.7 Å². The lowest BCUT2D eigenvalue weighted by Crippen LogP contribution is -2.43. The number of pyridine rings is 1. The minimum Gasteiger partial charge on any atom is -0.354 e. The van der Waals surface area contributed by atoms with Gasteiger partial charge in [-0.15, -0.1) is 0 Å². The summed E-state index contributed by atoms with van der Waals surface area (Å²) < 4.78 is 0. The summed E-state index contributed by atoms with van der Waals surface area (Å²) in [7, 11) is 0. The summed E-state index contributed by atoms with van der Waals surface area (Å²) in [6.07, 6.45) is 1.84. The molecule has 6 nitrogen and oxygen atoms in total. The maximum Gasteiger partial charge on any atom is 0.315 e. The first-order valence-corrected chi connectivity index (χ1v) is 7.18. The van der Waals surface area contributed by atoms with Crippen LogP contribution in [0, 0.1) is 0 Å². The average Bonchev–Trinajstić information content (AvgIpc) is 2.36. The highest BCUT2D eigenvalue weighted by atomic mass is 35.5. The lowest BCUT2D eigenvalue weighted by molar-refractivity contribution is -0.121. The zero-order valence-electron chi connectivity index (χ0n) is 12.4. The topological polar surface area (TPSA) is 83.1 Å². The minimum absolute atomic E-state index is 0.0836. The number of carbonyl (C=O) groups is 2. The van der Waals surface area contributed by atoms with Gasteiger partial charge in [0.15, 0.2) is 0 Å². The highest BCUT2D eigenvalue weighted by molar-refractivity contribution is 6.29. The standard InChI is InChI=1S/C14H21ClN4O2/c1-9(2)18-13(20)6-10(3)19-14(21)17-8-11-4-5-12(15)16-7-11/h4-5,7,9-10H,6,8H2,1-3H3,(H,18,20)(H2,17,19,21)/t10-/m1/s1. The Labute approximate surface area is 129 Å². The second-order valence-corrected chi connectivity index (χ2v) is 5.53. The third-order valence-electron chi connectivity index (χ3n) is 2.56. The number of nitrogens with one attached hydrogen (secondary N) is 3. The summed E-state index contributed by atoms with van der Waals surface area (Å²) >= 11 is 5.68. The van der Waals surface area contributed by atoms with Crippen molar-refractivity contribution in [1.29, 1.82) is 0 Å². The number of urea groups is 1. The van der Waals surface area contributed by atoms with E-state index in [1.807, 2.05) is 13.8 Å². The molecule has 0 saturated carbocycles. The van der Waals surface area contributed by atoms with Crippen molar-refractivity contribution in [3.63, 3.8) is 0 Å². The van der Waals surface area contributed by atoms with Crippen LogP contribution in [0.2, 0.25) is 5.15 Å². The van der Waals surface area contributed by atoms with Crippen molar-refractivity contribution in [3.05, 3.63) is 29.0 Å². The molecule has 116 valence electrons. The van der Waals surface area contributed by atoms with E-state index in [-0.39, 0.29) is 30.4 Å². The molecule has 0 radical (unpaired) electrons. The summed E-state index contributed by atoms with van der Waals surface area (Å²) in [5, 5.41) is 8.60. The van der Waals surface area contributed by atoms with Gasteiger partial charge < -0.3 is 16.0 Å². The molecule has 0 aliphatic heterocycles. The Balaban J connectivity index is 2.29. The first-order valence-electron chi connectivity index (χ1n) is 6.81. The van der Waals surface area contributed by atoms with Crippen LogP contribution in [0.15, 0.2) is 18.3 Å². The van der Waals surface area contributed by atoms with E-state index >= 15 is 0 Å². The number of amides is 3. The van der Waals surface area contributed by atoms with E-state index in [2.05, 4.69) is 20.9 Å². The smallest absolute Gasteiger partial charge is 0.315 e. The Hall–Kier alpha value is -1.82. The van der Waals surface area contributed by atoms with E-state index in [1.54, 1.807) is 25.3 Å². The molecule has 0 unspecified atom stereocenters. The third kappa shape index (κ3) is 7.51.